The van der Waals surface area contributed by atoms with Gasteiger partial charge in [0, 0.05) is 32.2 Å². The number of hydrogen-bond donors (Lipinski definition) is 0. The SMILES string of the molecule is Cl.O=C(c1ccc(Cl)s1)N(CCN1CCOCC1)c1nc2c(F)cc(F)cc2s1. The van der Waals surface area contributed by atoms with Gasteiger partial charge in [-0.2, -0.15) is 0 Å². The van der Waals surface area contributed by atoms with Crippen molar-refractivity contribution in [2.24, 2.45) is 0 Å². The van der Waals surface area contributed by atoms with Crippen molar-refractivity contribution in [2.45, 2.75) is 0 Å². The second kappa shape index (κ2) is 9.63. The van der Waals surface area contributed by atoms with Gasteiger partial charge in [0.25, 0.3) is 5.91 Å². The summed E-state index contributed by atoms with van der Waals surface area (Å²) in [7, 11) is 0. The van der Waals surface area contributed by atoms with Gasteiger partial charge in [-0.1, -0.05) is 22.9 Å². The maximum Gasteiger partial charge on any atom is 0.270 e. The smallest absolute Gasteiger partial charge is 0.270 e. The van der Waals surface area contributed by atoms with Crippen LogP contribution in [0.3, 0.4) is 0 Å². The molecule has 3 aromatic rings. The van der Waals surface area contributed by atoms with Crippen molar-refractivity contribution >= 4 is 67.9 Å². The minimum absolute atomic E-state index is 0. The molecule has 0 unspecified atom stereocenters. The number of carbonyl (C=O) groups is 1. The van der Waals surface area contributed by atoms with Crippen LogP contribution in [0.2, 0.25) is 4.34 Å². The van der Waals surface area contributed by atoms with Crippen LogP contribution in [0.15, 0.2) is 24.3 Å². The van der Waals surface area contributed by atoms with Crippen molar-refractivity contribution in [3.8, 4) is 0 Å². The molecule has 1 saturated heterocycles. The predicted molar refractivity (Wildman–Crippen MR) is 115 cm³/mol. The van der Waals surface area contributed by atoms with Crippen molar-refractivity contribution in [2.75, 3.05) is 44.3 Å². The Kier molecular flexibility index (Phi) is 7.42. The molecule has 1 aliphatic heterocycles. The van der Waals surface area contributed by atoms with Crippen molar-refractivity contribution < 1.29 is 18.3 Å². The van der Waals surface area contributed by atoms with Gasteiger partial charge in [-0.25, -0.2) is 13.8 Å². The van der Waals surface area contributed by atoms with E-state index >= 15 is 0 Å². The number of anilines is 1. The topological polar surface area (TPSA) is 45.7 Å². The van der Waals surface area contributed by atoms with Crippen molar-refractivity contribution in [3.05, 3.63) is 45.1 Å². The first-order valence-electron chi connectivity index (χ1n) is 8.64. The summed E-state index contributed by atoms with van der Waals surface area (Å²) < 4.78 is 33.9. The zero-order valence-corrected chi connectivity index (χ0v) is 18.3. The van der Waals surface area contributed by atoms with Crippen LogP contribution >= 0.6 is 46.7 Å². The van der Waals surface area contributed by atoms with E-state index in [4.69, 9.17) is 16.3 Å². The second-order valence-electron chi connectivity index (χ2n) is 6.25. The Bertz CT molecular complexity index is 1010. The van der Waals surface area contributed by atoms with Gasteiger partial charge in [-0.15, -0.1) is 23.7 Å². The van der Waals surface area contributed by atoms with Gasteiger partial charge >= 0.3 is 0 Å². The van der Waals surface area contributed by atoms with Crippen LogP contribution in [0.5, 0.6) is 0 Å². The van der Waals surface area contributed by atoms with Gasteiger partial charge in [0.2, 0.25) is 0 Å². The third kappa shape index (κ3) is 5.04. The van der Waals surface area contributed by atoms with Gasteiger partial charge in [0.1, 0.15) is 11.3 Å². The average Bonchev–Trinajstić information content (AvgIpc) is 3.29. The molecule has 4 rings (SSSR count). The molecule has 11 heteroatoms. The summed E-state index contributed by atoms with van der Waals surface area (Å²) >= 11 is 8.25. The quantitative estimate of drug-likeness (QED) is 0.532. The first kappa shape index (κ1) is 22.3. The molecular weight excluding hydrogens is 463 g/mol. The molecule has 0 N–H and O–H groups in total. The van der Waals surface area contributed by atoms with Crippen molar-refractivity contribution in [1.29, 1.82) is 0 Å². The maximum absolute atomic E-state index is 14.1. The van der Waals surface area contributed by atoms with E-state index in [2.05, 4.69) is 9.88 Å². The normalized spacial score (nSPS) is 14.7. The highest BCUT2D eigenvalue weighted by atomic mass is 35.5. The molecule has 0 saturated carbocycles. The molecule has 3 heterocycles. The van der Waals surface area contributed by atoms with Crippen LogP contribution in [0.1, 0.15) is 9.67 Å². The fourth-order valence-electron chi connectivity index (χ4n) is 2.97. The van der Waals surface area contributed by atoms with Crippen LogP contribution in [0, 0.1) is 11.6 Å². The van der Waals surface area contributed by atoms with E-state index in [0.29, 0.717) is 45.3 Å². The molecule has 1 fully saturated rings. The zero-order valence-electron chi connectivity index (χ0n) is 15.1. The first-order chi connectivity index (χ1) is 13.5. The van der Waals surface area contributed by atoms with E-state index in [1.807, 2.05) is 0 Å². The highest BCUT2D eigenvalue weighted by Gasteiger charge is 2.25. The van der Waals surface area contributed by atoms with Gasteiger partial charge in [0.15, 0.2) is 10.9 Å². The van der Waals surface area contributed by atoms with E-state index in [-0.39, 0.29) is 23.8 Å². The molecule has 0 spiro atoms. The number of halogens is 4. The third-order valence-corrected chi connectivity index (χ3v) is 6.65. The van der Waals surface area contributed by atoms with Crippen molar-refractivity contribution in [1.82, 2.24) is 9.88 Å². The van der Waals surface area contributed by atoms with Crippen LogP contribution in [-0.2, 0) is 4.74 Å². The van der Waals surface area contributed by atoms with Crippen LogP contribution < -0.4 is 4.90 Å². The molecule has 0 aliphatic carbocycles. The maximum atomic E-state index is 14.1. The number of thiophene rings is 1. The molecule has 156 valence electrons. The number of carbonyl (C=O) groups excluding carboxylic acids is 1. The minimum atomic E-state index is -0.739. The first-order valence-corrected chi connectivity index (χ1v) is 10.7. The number of hydrogen-bond acceptors (Lipinski definition) is 6. The minimum Gasteiger partial charge on any atom is -0.379 e. The van der Waals surface area contributed by atoms with E-state index in [0.717, 1.165) is 30.5 Å². The Morgan fingerprint density at radius 1 is 1.24 bits per heavy atom. The predicted octanol–water partition coefficient (Wildman–Crippen LogP) is 4.69. The van der Waals surface area contributed by atoms with Gasteiger partial charge in [-0.05, 0) is 18.2 Å². The lowest BCUT2D eigenvalue weighted by molar-refractivity contribution is 0.0391. The summed E-state index contributed by atoms with van der Waals surface area (Å²) in [5.74, 6) is -1.67. The Balaban J connectivity index is 0.00000240. The molecule has 29 heavy (non-hydrogen) atoms. The van der Waals surface area contributed by atoms with E-state index in [1.165, 1.54) is 22.3 Å². The molecule has 5 nitrogen and oxygen atoms in total. The van der Waals surface area contributed by atoms with Crippen molar-refractivity contribution in [3.63, 3.8) is 0 Å². The van der Waals surface area contributed by atoms with Gasteiger partial charge in [0.05, 0.1) is 27.1 Å². The van der Waals surface area contributed by atoms with Gasteiger partial charge < -0.3 is 4.74 Å². The summed E-state index contributed by atoms with van der Waals surface area (Å²) in [5, 5.41) is 0.335. The third-order valence-electron chi connectivity index (χ3n) is 4.41. The Hall–Kier alpha value is -1.36. The number of rotatable bonds is 5. The number of thiazole rings is 1. The van der Waals surface area contributed by atoms with Gasteiger partial charge in [-0.3, -0.25) is 14.6 Å². The highest BCUT2D eigenvalue weighted by molar-refractivity contribution is 7.22. The lowest BCUT2D eigenvalue weighted by atomic mass is 10.3. The molecule has 1 aromatic carbocycles. The number of morpholine rings is 1. The number of ether oxygens (including phenoxy) is 1. The number of nitrogens with zero attached hydrogens (tertiary/aromatic N) is 3. The standard InChI is InChI=1S/C18H16ClF2N3O2S2.ClH/c19-15-2-1-13(27-15)17(25)24(4-3-23-5-7-26-8-6-23)18-22-16-12(21)9-11(20)10-14(16)28-18;/h1-2,9-10H,3-8H2;1H. The molecule has 0 radical (unpaired) electrons. The molecule has 1 amide bonds. The second-order valence-corrected chi connectivity index (χ2v) is 8.97. The lowest BCUT2D eigenvalue weighted by Gasteiger charge is -2.29. The van der Waals surface area contributed by atoms with Crippen LogP contribution in [-0.4, -0.2) is 55.2 Å². The molecular formula is C18H17Cl2F2N3O2S2. The number of aromatic nitrogens is 1. The average molecular weight is 480 g/mol. The Labute approximate surface area is 185 Å². The summed E-state index contributed by atoms with van der Waals surface area (Å²) in [6, 6.07) is 5.34. The summed E-state index contributed by atoms with van der Waals surface area (Å²) in [5.41, 5.74) is 0.0646. The monoisotopic (exact) mass is 479 g/mol. The number of amides is 1. The highest BCUT2D eigenvalue weighted by Crippen LogP contribution is 2.33. The number of fused-ring (bicyclic) bond motifs is 1. The molecule has 1 aliphatic rings. The Morgan fingerprint density at radius 2 is 2.00 bits per heavy atom. The zero-order chi connectivity index (χ0) is 19.7. The van der Waals surface area contributed by atoms with E-state index < -0.39 is 11.6 Å². The van der Waals surface area contributed by atoms with E-state index in [1.54, 1.807) is 12.1 Å². The fraction of sp³-hybridized carbons (Fsp3) is 0.333. The fourth-order valence-corrected chi connectivity index (χ4v) is 4.99. The summed E-state index contributed by atoms with van der Waals surface area (Å²) in [4.78, 5) is 21.6. The summed E-state index contributed by atoms with van der Waals surface area (Å²) in [6.45, 7) is 3.87. The van der Waals surface area contributed by atoms with E-state index in [9.17, 15) is 13.6 Å². The van der Waals surface area contributed by atoms with Crippen LogP contribution in [0.4, 0.5) is 13.9 Å². The molecule has 2 aromatic heterocycles. The van der Waals surface area contributed by atoms with Crippen LogP contribution in [0.25, 0.3) is 10.2 Å². The molecule has 0 atom stereocenters. The Morgan fingerprint density at radius 3 is 2.69 bits per heavy atom. The number of benzene rings is 1. The molecule has 0 bridgehead atoms. The lowest BCUT2D eigenvalue weighted by Crippen LogP contribution is -2.43. The largest absolute Gasteiger partial charge is 0.379 e. The summed E-state index contributed by atoms with van der Waals surface area (Å²) in [6.07, 6.45) is 0.